The van der Waals surface area contributed by atoms with Crippen LogP contribution in [-0.2, 0) is 0 Å². The van der Waals surface area contributed by atoms with Crippen LogP contribution >= 0.6 is 15.9 Å². The van der Waals surface area contributed by atoms with Crippen LogP contribution in [-0.4, -0.2) is 17.3 Å². The van der Waals surface area contributed by atoms with Crippen molar-refractivity contribution in [2.45, 2.75) is 13.3 Å². The van der Waals surface area contributed by atoms with E-state index in [-0.39, 0.29) is 11.5 Å². The molecule has 0 bridgehead atoms. The Hall–Kier alpha value is -2.47. The Morgan fingerprint density at radius 2 is 1.96 bits per heavy atom. The molecule has 124 valence electrons. The number of rotatable bonds is 7. The zero-order valence-electron chi connectivity index (χ0n) is 13.1. The molecule has 0 radical (unpaired) electrons. The summed E-state index contributed by atoms with van der Waals surface area (Å²) in [6.45, 7) is 2.62. The number of hydrogen-bond acceptors (Lipinski definition) is 4. The number of ether oxygens (including phenoxy) is 1. The van der Waals surface area contributed by atoms with E-state index in [0.29, 0.717) is 17.9 Å². The quantitative estimate of drug-likeness (QED) is 0.287. The van der Waals surface area contributed by atoms with Gasteiger partial charge in [-0.15, -0.1) is 0 Å². The highest BCUT2D eigenvalue weighted by Gasteiger charge is 2.08. The van der Waals surface area contributed by atoms with Crippen LogP contribution in [0.5, 0.6) is 5.75 Å². The van der Waals surface area contributed by atoms with Crippen molar-refractivity contribution in [3.63, 3.8) is 0 Å². The average molecular weight is 390 g/mol. The summed E-state index contributed by atoms with van der Waals surface area (Å²) in [6, 6.07) is 11.1. The van der Waals surface area contributed by atoms with E-state index >= 15 is 0 Å². The Bertz CT molecular complexity index is 769. The third-order valence-corrected chi connectivity index (χ3v) is 3.70. The third-order valence-electron chi connectivity index (χ3n) is 3.21. The molecular weight excluding hydrogens is 374 g/mol. The van der Waals surface area contributed by atoms with Crippen molar-refractivity contribution in [3.05, 3.63) is 74.3 Å². The number of nitrogens with zero attached hydrogens (tertiary/aromatic N) is 1. The number of hydrogen-bond donors (Lipinski definition) is 0. The molecule has 0 unspecified atom stereocenters. The van der Waals surface area contributed by atoms with E-state index in [1.54, 1.807) is 6.08 Å². The van der Waals surface area contributed by atoms with E-state index in [1.165, 1.54) is 30.3 Å². The SMILES string of the molecule is CCCOc1ccc(Br)cc1/C=C/C(=O)c1ccc([N+](=O)[O-])cc1. The molecule has 0 aliphatic heterocycles. The lowest BCUT2D eigenvalue weighted by Gasteiger charge is -2.08. The number of halogens is 1. The minimum absolute atomic E-state index is 0.0437. The van der Waals surface area contributed by atoms with Crippen LogP contribution in [0.3, 0.4) is 0 Å². The van der Waals surface area contributed by atoms with Gasteiger partial charge in [0.25, 0.3) is 5.69 Å². The van der Waals surface area contributed by atoms with Gasteiger partial charge in [-0.2, -0.15) is 0 Å². The summed E-state index contributed by atoms with van der Waals surface area (Å²) in [5, 5.41) is 10.6. The number of non-ortho nitro benzene ring substituents is 1. The highest BCUT2D eigenvalue weighted by Crippen LogP contribution is 2.25. The molecule has 0 heterocycles. The molecule has 0 saturated carbocycles. The molecule has 0 aliphatic carbocycles. The second-order valence-corrected chi connectivity index (χ2v) is 5.95. The molecule has 2 aromatic carbocycles. The van der Waals surface area contributed by atoms with Gasteiger partial charge >= 0.3 is 0 Å². The topological polar surface area (TPSA) is 69.4 Å². The summed E-state index contributed by atoms with van der Waals surface area (Å²) in [6.07, 6.45) is 4.00. The van der Waals surface area contributed by atoms with Crippen molar-refractivity contribution >= 4 is 33.5 Å². The van der Waals surface area contributed by atoms with Crippen molar-refractivity contribution in [2.75, 3.05) is 6.61 Å². The first-order valence-electron chi connectivity index (χ1n) is 7.40. The molecule has 6 heteroatoms. The zero-order valence-corrected chi connectivity index (χ0v) is 14.7. The van der Waals surface area contributed by atoms with Crippen molar-refractivity contribution in [1.29, 1.82) is 0 Å². The van der Waals surface area contributed by atoms with Gasteiger partial charge in [0.05, 0.1) is 11.5 Å². The Morgan fingerprint density at radius 3 is 2.58 bits per heavy atom. The fourth-order valence-corrected chi connectivity index (χ4v) is 2.38. The van der Waals surface area contributed by atoms with E-state index in [4.69, 9.17) is 4.74 Å². The van der Waals surface area contributed by atoms with Crippen LogP contribution in [0.1, 0.15) is 29.3 Å². The maximum atomic E-state index is 12.2. The molecule has 0 fully saturated rings. The number of nitro benzene ring substituents is 1. The van der Waals surface area contributed by atoms with Crippen LogP contribution in [0.25, 0.3) is 6.08 Å². The van der Waals surface area contributed by atoms with Gasteiger partial charge in [0.15, 0.2) is 5.78 Å². The maximum Gasteiger partial charge on any atom is 0.269 e. The molecular formula is C18H16BrNO4. The largest absolute Gasteiger partial charge is 0.493 e. The van der Waals surface area contributed by atoms with E-state index in [1.807, 2.05) is 25.1 Å². The van der Waals surface area contributed by atoms with Gasteiger partial charge in [-0.25, -0.2) is 0 Å². The maximum absolute atomic E-state index is 12.2. The number of nitro groups is 1. The summed E-state index contributed by atoms with van der Waals surface area (Å²) in [4.78, 5) is 22.3. The smallest absolute Gasteiger partial charge is 0.269 e. The Morgan fingerprint density at radius 1 is 1.25 bits per heavy atom. The molecule has 2 aromatic rings. The van der Waals surface area contributed by atoms with Gasteiger partial charge in [0.1, 0.15) is 5.75 Å². The standard InChI is InChI=1S/C18H16BrNO4/c1-2-11-24-18-10-6-15(19)12-14(18)5-9-17(21)13-3-7-16(8-4-13)20(22)23/h3-10,12H,2,11H2,1H3/b9-5+. The molecule has 0 amide bonds. The van der Waals surface area contributed by atoms with Gasteiger partial charge in [0, 0.05) is 27.7 Å². The fourth-order valence-electron chi connectivity index (χ4n) is 2.00. The molecule has 0 atom stereocenters. The van der Waals surface area contributed by atoms with E-state index in [0.717, 1.165) is 16.5 Å². The predicted octanol–water partition coefficient (Wildman–Crippen LogP) is 5.04. The Balaban J connectivity index is 2.18. The van der Waals surface area contributed by atoms with E-state index in [2.05, 4.69) is 15.9 Å². The second kappa shape index (κ2) is 8.40. The molecule has 0 spiro atoms. The van der Waals surface area contributed by atoms with E-state index in [9.17, 15) is 14.9 Å². The van der Waals surface area contributed by atoms with Crippen molar-refractivity contribution in [3.8, 4) is 5.75 Å². The van der Waals surface area contributed by atoms with Gasteiger partial charge in [-0.1, -0.05) is 22.9 Å². The molecule has 0 aliphatic rings. The summed E-state index contributed by atoms with van der Waals surface area (Å²) < 4.78 is 6.55. The highest BCUT2D eigenvalue weighted by molar-refractivity contribution is 9.10. The lowest BCUT2D eigenvalue weighted by molar-refractivity contribution is -0.384. The number of carbonyl (C=O) groups excluding carboxylic acids is 1. The molecule has 0 saturated heterocycles. The minimum Gasteiger partial charge on any atom is -0.493 e. The van der Waals surface area contributed by atoms with Crippen LogP contribution in [0.4, 0.5) is 5.69 Å². The highest BCUT2D eigenvalue weighted by atomic mass is 79.9. The molecule has 0 aromatic heterocycles. The number of ketones is 1. The van der Waals surface area contributed by atoms with Crippen molar-refractivity contribution in [2.24, 2.45) is 0 Å². The number of benzene rings is 2. The van der Waals surface area contributed by atoms with Crippen LogP contribution in [0.15, 0.2) is 53.0 Å². The number of allylic oxidation sites excluding steroid dienone is 1. The third kappa shape index (κ3) is 4.76. The van der Waals surface area contributed by atoms with Gasteiger partial charge in [-0.05, 0) is 48.9 Å². The Labute approximate surface area is 148 Å². The lowest BCUT2D eigenvalue weighted by atomic mass is 10.1. The van der Waals surface area contributed by atoms with Gasteiger partial charge < -0.3 is 4.74 Å². The monoisotopic (exact) mass is 389 g/mol. The molecule has 2 rings (SSSR count). The average Bonchev–Trinajstić information content (AvgIpc) is 2.58. The molecule has 24 heavy (non-hydrogen) atoms. The van der Waals surface area contributed by atoms with Crippen molar-refractivity contribution in [1.82, 2.24) is 0 Å². The lowest BCUT2D eigenvalue weighted by Crippen LogP contribution is -1.98. The summed E-state index contributed by atoms with van der Waals surface area (Å²) in [5.74, 6) is 0.471. The normalized spacial score (nSPS) is 10.8. The zero-order chi connectivity index (χ0) is 17.5. The predicted molar refractivity (Wildman–Crippen MR) is 96.4 cm³/mol. The molecule has 0 N–H and O–H groups in total. The number of carbonyl (C=O) groups is 1. The first kappa shape index (κ1) is 17.9. The Kier molecular flexibility index (Phi) is 6.26. The summed E-state index contributed by atoms with van der Waals surface area (Å²) in [7, 11) is 0. The summed E-state index contributed by atoms with van der Waals surface area (Å²) in [5.41, 5.74) is 1.13. The van der Waals surface area contributed by atoms with Crippen LogP contribution in [0, 0.1) is 10.1 Å². The van der Waals surface area contributed by atoms with Gasteiger partial charge in [0.2, 0.25) is 0 Å². The fraction of sp³-hybridized carbons (Fsp3) is 0.167. The van der Waals surface area contributed by atoms with Crippen molar-refractivity contribution < 1.29 is 14.5 Å². The molecule has 5 nitrogen and oxygen atoms in total. The minimum atomic E-state index is -0.497. The second-order valence-electron chi connectivity index (χ2n) is 5.03. The summed E-state index contributed by atoms with van der Waals surface area (Å²) >= 11 is 3.40. The first-order valence-corrected chi connectivity index (χ1v) is 8.19. The van der Waals surface area contributed by atoms with Gasteiger partial charge in [-0.3, -0.25) is 14.9 Å². The van der Waals surface area contributed by atoms with Crippen LogP contribution in [0.2, 0.25) is 0 Å². The van der Waals surface area contributed by atoms with E-state index < -0.39 is 4.92 Å². The first-order chi connectivity index (χ1) is 11.5. The van der Waals surface area contributed by atoms with Crippen LogP contribution < -0.4 is 4.74 Å².